The van der Waals surface area contributed by atoms with Crippen LogP contribution in [-0.4, -0.2) is 22.6 Å². The summed E-state index contributed by atoms with van der Waals surface area (Å²) in [5.74, 6) is -0.00439. The number of rotatable bonds is 4. The van der Waals surface area contributed by atoms with Gasteiger partial charge in [-0.05, 0) is 11.6 Å². The van der Waals surface area contributed by atoms with Gasteiger partial charge in [0, 0.05) is 10.9 Å². The number of benzene rings is 1. The average molecular weight is 366 g/mol. The smallest absolute Gasteiger partial charge is 0.341 e. The van der Waals surface area contributed by atoms with Crippen LogP contribution in [-0.2, 0) is 11.3 Å². The number of furan rings is 1. The summed E-state index contributed by atoms with van der Waals surface area (Å²) < 4.78 is 11.5. The van der Waals surface area contributed by atoms with E-state index in [2.05, 4.69) is 9.72 Å². The molecule has 0 spiro atoms. The Bertz CT molecular complexity index is 1140. The van der Waals surface area contributed by atoms with Gasteiger partial charge in [0.15, 0.2) is 0 Å². The highest BCUT2D eigenvalue weighted by Gasteiger charge is 2.15. The van der Waals surface area contributed by atoms with Crippen molar-refractivity contribution in [1.82, 2.24) is 9.55 Å². The highest BCUT2D eigenvalue weighted by molar-refractivity contribution is 7.17. The van der Waals surface area contributed by atoms with Crippen LogP contribution in [0, 0.1) is 0 Å². The van der Waals surface area contributed by atoms with Crippen LogP contribution in [0.4, 0.5) is 0 Å². The molecule has 130 valence electrons. The lowest BCUT2D eigenvalue weighted by molar-refractivity contribution is 0.0600. The molecular formula is C19H14N2O4S. The van der Waals surface area contributed by atoms with Gasteiger partial charge < -0.3 is 9.15 Å². The molecule has 26 heavy (non-hydrogen) atoms. The maximum absolute atomic E-state index is 13.0. The van der Waals surface area contributed by atoms with Crippen molar-refractivity contribution in [3.63, 3.8) is 0 Å². The zero-order valence-electron chi connectivity index (χ0n) is 13.8. The van der Waals surface area contributed by atoms with E-state index in [-0.39, 0.29) is 12.1 Å². The zero-order chi connectivity index (χ0) is 18.1. The second-order valence-electron chi connectivity index (χ2n) is 5.67. The topological polar surface area (TPSA) is 74.3 Å². The summed E-state index contributed by atoms with van der Waals surface area (Å²) in [7, 11) is 1.30. The van der Waals surface area contributed by atoms with E-state index < -0.39 is 5.97 Å². The molecular weight excluding hydrogens is 352 g/mol. The van der Waals surface area contributed by atoms with Gasteiger partial charge in [0.05, 0.1) is 30.9 Å². The summed E-state index contributed by atoms with van der Waals surface area (Å²) in [6.07, 6.45) is 2.81. The number of thiophene rings is 1. The molecule has 0 saturated heterocycles. The molecule has 0 bridgehead atoms. The average Bonchev–Trinajstić information content (AvgIpc) is 3.31. The van der Waals surface area contributed by atoms with E-state index in [0.29, 0.717) is 21.5 Å². The van der Waals surface area contributed by atoms with Gasteiger partial charge in [-0.25, -0.2) is 9.78 Å². The van der Waals surface area contributed by atoms with Gasteiger partial charge in [0.25, 0.3) is 5.56 Å². The van der Waals surface area contributed by atoms with Crippen molar-refractivity contribution in [1.29, 1.82) is 0 Å². The summed E-state index contributed by atoms with van der Waals surface area (Å²) in [6, 6.07) is 11.3. The minimum Gasteiger partial charge on any atom is -0.467 e. The van der Waals surface area contributed by atoms with Gasteiger partial charge >= 0.3 is 5.97 Å². The predicted octanol–water partition coefficient (Wildman–Crippen LogP) is 3.55. The van der Waals surface area contributed by atoms with Gasteiger partial charge in [0.1, 0.15) is 16.9 Å². The molecule has 4 rings (SSSR count). The standard InChI is InChI=1S/C19H14N2O4S/c1-24-19(23)13-7-14(25-9-13)8-21-11-20-17-16(18(21)22)15(10-26-17)12-5-3-2-4-6-12/h2-7,9-11H,8H2,1H3. The molecule has 0 atom stereocenters. The second-order valence-corrected chi connectivity index (χ2v) is 6.52. The lowest BCUT2D eigenvalue weighted by Gasteiger charge is -2.04. The molecule has 0 unspecified atom stereocenters. The first-order valence-electron chi connectivity index (χ1n) is 7.85. The molecule has 0 N–H and O–H groups in total. The molecule has 0 aliphatic carbocycles. The fourth-order valence-electron chi connectivity index (χ4n) is 2.77. The number of nitrogens with zero attached hydrogens (tertiary/aromatic N) is 2. The molecule has 3 aromatic heterocycles. The number of hydrogen-bond acceptors (Lipinski definition) is 6. The molecule has 0 aliphatic heterocycles. The Morgan fingerprint density at radius 1 is 1.31 bits per heavy atom. The predicted molar refractivity (Wildman–Crippen MR) is 98.5 cm³/mol. The molecule has 7 heteroatoms. The highest BCUT2D eigenvalue weighted by atomic mass is 32.1. The van der Waals surface area contributed by atoms with Gasteiger partial charge in [-0.15, -0.1) is 11.3 Å². The molecule has 0 saturated carbocycles. The third-order valence-corrected chi connectivity index (χ3v) is 4.93. The Hall–Kier alpha value is -3.19. The first-order chi connectivity index (χ1) is 12.7. The number of aromatic nitrogens is 2. The van der Waals surface area contributed by atoms with E-state index in [1.165, 1.54) is 35.6 Å². The Morgan fingerprint density at radius 3 is 2.88 bits per heavy atom. The zero-order valence-corrected chi connectivity index (χ0v) is 14.7. The van der Waals surface area contributed by atoms with Crippen LogP contribution >= 0.6 is 11.3 Å². The number of methoxy groups -OCH3 is 1. The lowest BCUT2D eigenvalue weighted by Crippen LogP contribution is -2.20. The van der Waals surface area contributed by atoms with Crippen LogP contribution in [0.1, 0.15) is 16.1 Å². The molecule has 4 aromatic rings. The fourth-order valence-corrected chi connectivity index (χ4v) is 3.67. The van der Waals surface area contributed by atoms with Crippen molar-refractivity contribution in [3.05, 3.63) is 76.0 Å². The van der Waals surface area contributed by atoms with Crippen LogP contribution in [0.3, 0.4) is 0 Å². The van der Waals surface area contributed by atoms with Crippen LogP contribution in [0.15, 0.2) is 63.6 Å². The van der Waals surface area contributed by atoms with E-state index in [0.717, 1.165) is 11.1 Å². The molecule has 0 aliphatic rings. The third kappa shape index (κ3) is 2.82. The SMILES string of the molecule is COC(=O)c1coc(Cn2cnc3scc(-c4ccccc4)c3c2=O)c1. The van der Waals surface area contributed by atoms with E-state index in [1.807, 2.05) is 35.7 Å². The van der Waals surface area contributed by atoms with Crippen LogP contribution < -0.4 is 5.56 Å². The van der Waals surface area contributed by atoms with Crippen molar-refractivity contribution in [2.24, 2.45) is 0 Å². The normalized spacial score (nSPS) is 11.0. The van der Waals surface area contributed by atoms with Gasteiger partial charge in [0.2, 0.25) is 0 Å². The van der Waals surface area contributed by atoms with Gasteiger partial charge in [-0.2, -0.15) is 0 Å². The fraction of sp³-hybridized carbons (Fsp3) is 0.105. The summed E-state index contributed by atoms with van der Waals surface area (Å²) >= 11 is 1.44. The molecule has 1 aromatic carbocycles. The summed E-state index contributed by atoms with van der Waals surface area (Å²) in [5, 5.41) is 2.53. The van der Waals surface area contributed by atoms with Crippen LogP contribution in [0.25, 0.3) is 21.3 Å². The quantitative estimate of drug-likeness (QED) is 0.516. The largest absolute Gasteiger partial charge is 0.467 e. The van der Waals surface area contributed by atoms with E-state index in [9.17, 15) is 9.59 Å². The second kappa shape index (κ2) is 6.61. The Kier molecular flexibility index (Phi) is 4.14. The molecule has 0 radical (unpaired) electrons. The molecule has 0 amide bonds. The first kappa shape index (κ1) is 16.3. The van der Waals surface area contributed by atoms with Crippen LogP contribution in [0.2, 0.25) is 0 Å². The monoisotopic (exact) mass is 366 g/mol. The van der Waals surface area contributed by atoms with Crippen LogP contribution in [0.5, 0.6) is 0 Å². The van der Waals surface area contributed by atoms with E-state index >= 15 is 0 Å². The van der Waals surface area contributed by atoms with Gasteiger partial charge in [-0.1, -0.05) is 30.3 Å². The molecule has 3 heterocycles. The number of fused-ring (bicyclic) bond motifs is 1. The van der Waals surface area contributed by atoms with Gasteiger partial charge in [-0.3, -0.25) is 9.36 Å². The number of ether oxygens (including phenoxy) is 1. The lowest BCUT2D eigenvalue weighted by atomic mass is 10.1. The minimum atomic E-state index is -0.481. The number of carbonyl (C=O) groups excluding carboxylic acids is 1. The summed E-state index contributed by atoms with van der Waals surface area (Å²) in [5.41, 5.74) is 2.00. The Labute approximate surface area is 152 Å². The number of esters is 1. The van der Waals surface area contributed by atoms with Crippen molar-refractivity contribution in [2.75, 3.05) is 7.11 Å². The van der Waals surface area contributed by atoms with Crippen molar-refractivity contribution >= 4 is 27.5 Å². The summed E-state index contributed by atoms with van der Waals surface area (Å²) in [6.45, 7) is 0.183. The summed E-state index contributed by atoms with van der Waals surface area (Å²) in [4.78, 5) is 29.6. The molecule has 6 nitrogen and oxygen atoms in total. The Balaban J connectivity index is 1.75. The number of hydrogen-bond donors (Lipinski definition) is 0. The van der Waals surface area contributed by atoms with E-state index in [1.54, 1.807) is 6.07 Å². The maximum atomic E-state index is 13.0. The maximum Gasteiger partial charge on any atom is 0.341 e. The molecule has 0 fully saturated rings. The van der Waals surface area contributed by atoms with Crippen molar-refractivity contribution in [2.45, 2.75) is 6.54 Å². The minimum absolute atomic E-state index is 0.147. The first-order valence-corrected chi connectivity index (χ1v) is 8.73. The highest BCUT2D eigenvalue weighted by Crippen LogP contribution is 2.30. The third-order valence-electron chi connectivity index (χ3n) is 4.05. The van der Waals surface area contributed by atoms with Crippen molar-refractivity contribution < 1.29 is 13.9 Å². The Morgan fingerprint density at radius 2 is 2.12 bits per heavy atom. The number of carbonyl (C=O) groups is 1. The van der Waals surface area contributed by atoms with E-state index in [4.69, 9.17) is 4.42 Å². The van der Waals surface area contributed by atoms with Crippen molar-refractivity contribution in [3.8, 4) is 11.1 Å².